The SMILES string of the molecule is CCCNc1cc(CN2CCNC(=O)CC2)ccn1. The standard InChI is InChI=1S/C14H22N4O/c1-2-5-15-13-10-12(3-6-16-13)11-18-8-4-14(19)17-7-9-18/h3,6,10H,2,4-5,7-9,11H2,1H3,(H,15,16)(H,17,19). The predicted octanol–water partition coefficient (Wildman–Crippen LogP) is 1.23. The van der Waals surface area contributed by atoms with Crippen molar-refractivity contribution in [1.29, 1.82) is 0 Å². The minimum atomic E-state index is 0.155. The first-order valence-electron chi connectivity index (χ1n) is 6.96. The highest BCUT2D eigenvalue weighted by molar-refractivity contribution is 5.76. The fourth-order valence-corrected chi connectivity index (χ4v) is 2.15. The van der Waals surface area contributed by atoms with E-state index in [0.717, 1.165) is 45.0 Å². The van der Waals surface area contributed by atoms with Gasteiger partial charge in [0.1, 0.15) is 5.82 Å². The van der Waals surface area contributed by atoms with E-state index < -0.39 is 0 Å². The van der Waals surface area contributed by atoms with Gasteiger partial charge in [0.15, 0.2) is 0 Å². The van der Waals surface area contributed by atoms with Gasteiger partial charge in [0, 0.05) is 45.3 Å². The van der Waals surface area contributed by atoms with Crippen LogP contribution in [0.5, 0.6) is 0 Å². The molecule has 0 unspecified atom stereocenters. The van der Waals surface area contributed by atoms with Crippen LogP contribution in [0.3, 0.4) is 0 Å². The molecule has 5 heteroatoms. The first-order valence-corrected chi connectivity index (χ1v) is 6.96. The molecule has 1 aromatic rings. The maximum Gasteiger partial charge on any atom is 0.221 e. The van der Waals surface area contributed by atoms with Gasteiger partial charge >= 0.3 is 0 Å². The van der Waals surface area contributed by atoms with Gasteiger partial charge in [0.05, 0.1) is 0 Å². The Morgan fingerprint density at radius 1 is 1.47 bits per heavy atom. The molecule has 1 aliphatic rings. The lowest BCUT2D eigenvalue weighted by molar-refractivity contribution is -0.120. The summed E-state index contributed by atoms with van der Waals surface area (Å²) in [4.78, 5) is 17.9. The van der Waals surface area contributed by atoms with E-state index in [9.17, 15) is 4.79 Å². The molecule has 0 saturated carbocycles. The van der Waals surface area contributed by atoms with E-state index in [2.05, 4.69) is 33.5 Å². The molecule has 1 amide bonds. The number of rotatable bonds is 5. The number of hydrogen-bond donors (Lipinski definition) is 2. The van der Waals surface area contributed by atoms with Gasteiger partial charge < -0.3 is 10.6 Å². The third kappa shape index (κ3) is 4.52. The summed E-state index contributed by atoms with van der Waals surface area (Å²) in [5.41, 5.74) is 1.24. The lowest BCUT2D eigenvalue weighted by Gasteiger charge is -2.19. The largest absolute Gasteiger partial charge is 0.370 e. The van der Waals surface area contributed by atoms with E-state index in [1.807, 2.05) is 12.3 Å². The van der Waals surface area contributed by atoms with Crippen LogP contribution in [0.2, 0.25) is 0 Å². The second-order valence-electron chi connectivity index (χ2n) is 4.85. The Morgan fingerprint density at radius 2 is 2.37 bits per heavy atom. The number of nitrogens with one attached hydrogen (secondary N) is 2. The van der Waals surface area contributed by atoms with Crippen molar-refractivity contribution in [2.24, 2.45) is 0 Å². The lowest BCUT2D eigenvalue weighted by Crippen LogP contribution is -2.28. The van der Waals surface area contributed by atoms with Crippen LogP contribution in [0.1, 0.15) is 25.3 Å². The Kier molecular flexibility index (Phi) is 5.15. The highest BCUT2D eigenvalue weighted by Crippen LogP contribution is 2.10. The number of carbonyl (C=O) groups is 1. The van der Waals surface area contributed by atoms with Crippen LogP contribution >= 0.6 is 0 Å². The van der Waals surface area contributed by atoms with Crippen LogP contribution in [0.25, 0.3) is 0 Å². The predicted molar refractivity (Wildman–Crippen MR) is 75.9 cm³/mol. The van der Waals surface area contributed by atoms with Gasteiger partial charge in [-0.15, -0.1) is 0 Å². The molecule has 0 atom stereocenters. The summed E-state index contributed by atoms with van der Waals surface area (Å²) in [5.74, 6) is 1.09. The van der Waals surface area contributed by atoms with Crippen molar-refractivity contribution in [2.45, 2.75) is 26.3 Å². The molecule has 0 aromatic carbocycles. The number of pyridine rings is 1. The van der Waals surface area contributed by atoms with E-state index in [0.29, 0.717) is 6.42 Å². The Balaban J connectivity index is 1.92. The molecule has 2 rings (SSSR count). The second kappa shape index (κ2) is 7.09. The molecule has 0 radical (unpaired) electrons. The fourth-order valence-electron chi connectivity index (χ4n) is 2.15. The molecule has 19 heavy (non-hydrogen) atoms. The number of hydrogen-bond acceptors (Lipinski definition) is 4. The van der Waals surface area contributed by atoms with Crippen molar-refractivity contribution in [1.82, 2.24) is 15.2 Å². The van der Waals surface area contributed by atoms with Crippen molar-refractivity contribution < 1.29 is 4.79 Å². The van der Waals surface area contributed by atoms with Crippen molar-refractivity contribution in [3.05, 3.63) is 23.9 Å². The molecule has 0 spiro atoms. The highest BCUT2D eigenvalue weighted by atomic mass is 16.1. The van der Waals surface area contributed by atoms with Crippen LogP contribution < -0.4 is 10.6 Å². The maximum absolute atomic E-state index is 11.3. The monoisotopic (exact) mass is 262 g/mol. The van der Waals surface area contributed by atoms with Gasteiger partial charge in [-0.25, -0.2) is 4.98 Å². The molecule has 1 fully saturated rings. The minimum absolute atomic E-state index is 0.155. The van der Waals surface area contributed by atoms with Crippen molar-refractivity contribution >= 4 is 11.7 Å². The average molecular weight is 262 g/mol. The van der Waals surface area contributed by atoms with Gasteiger partial charge in [0.2, 0.25) is 5.91 Å². The Hall–Kier alpha value is -1.62. The minimum Gasteiger partial charge on any atom is -0.370 e. The maximum atomic E-state index is 11.3. The molecular weight excluding hydrogens is 240 g/mol. The molecule has 0 aliphatic carbocycles. The molecule has 2 N–H and O–H groups in total. The smallest absolute Gasteiger partial charge is 0.221 e. The van der Waals surface area contributed by atoms with Crippen LogP contribution in [-0.4, -0.2) is 42.0 Å². The third-order valence-electron chi connectivity index (χ3n) is 3.19. The normalized spacial score (nSPS) is 16.8. The van der Waals surface area contributed by atoms with E-state index in [1.165, 1.54) is 5.56 Å². The molecule has 104 valence electrons. The van der Waals surface area contributed by atoms with E-state index in [1.54, 1.807) is 0 Å². The first kappa shape index (κ1) is 13.8. The highest BCUT2D eigenvalue weighted by Gasteiger charge is 2.13. The quantitative estimate of drug-likeness (QED) is 0.838. The summed E-state index contributed by atoms with van der Waals surface area (Å²) < 4.78 is 0. The van der Waals surface area contributed by atoms with Crippen LogP contribution in [0, 0.1) is 0 Å². The molecule has 1 saturated heterocycles. The van der Waals surface area contributed by atoms with Gasteiger partial charge in [-0.05, 0) is 24.1 Å². The Morgan fingerprint density at radius 3 is 3.21 bits per heavy atom. The van der Waals surface area contributed by atoms with Crippen molar-refractivity contribution in [3.63, 3.8) is 0 Å². The van der Waals surface area contributed by atoms with E-state index in [-0.39, 0.29) is 5.91 Å². The van der Waals surface area contributed by atoms with Crippen molar-refractivity contribution in [3.8, 4) is 0 Å². The van der Waals surface area contributed by atoms with Gasteiger partial charge in [-0.1, -0.05) is 6.92 Å². The summed E-state index contributed by atoms with van der Waals surface area (Å²) in [6.07, 6.45) is 3.52. The van der Waals surface area contributed by atoms with E-state index in [4.69, 9.17) is 0 Å². The van der Waals surface area contributed by atoms with Gasteiger partial charge in [-0.3, -0.25) is 9.69 Å². The number of nitrogens with zero attached hydrogens (tertiary/aromatic N) is 2. The summed E-state index contributed by atoms with van der Waals surface area (Å²) in [6.45, 7) is 6.43. The zero-order chi connectivity index (χ0) is 13.5. The van der Waals surface area contributed by atoms with Crippen molar-refractivity contribution in [2.75, 3.05) is 31.5 Å². The average Bonchev–Trinajstić information content (AvgIpc) is 2.62. The van der Waals surface area contributed by atoms with Crippen LogP contribution in [0.4, 0.5) is 5.82 Å². The third-order valence-corrected chi connectivity index (χ3v) is 3.19. The molecule has 2 heterocycles. The summed E-state index contributed by atoms with van der Waals surface area (Å²) in [6, 6.07) is 4.13. The zero-order valence-corrected chi connectivity index (χ0v) is 11.5. The van der Waals surface area contributed by atoms with Gasteiger partial charge in [-0.2, -0.15) is 0 Å². The number of carbonyl (C=O) groups excluding carboxylic acids is 1. The zero-order valence-electron chi connectivity index (χ0n) is 11.5. The number of aromatic nitrogens is 1. The van der Waals surface area contributed by atoms with E-state index >= 15 is 0 Å². The summed E-state index contributed by atoms with van der Waals surface area (Å²) in [7, 11) is 0. The Bertz CT molecular complexity index is 422. The van der Waals surface area contributed by atoms with Crippen LogP contribution in [-0.2, 0) is 11.3 Å². The molecule has 0 bridgehead atoms. The molecule has 5 nitrogen and oxygen atoms in total. The number of amides is 1. The van der Waals surface area contributed by atoms with Gasteiger partial charge in [0.25, 0.3) is 0 Å². The molecule has 1 aromatic heterocycles. The topological polar surface area (TPSA) is 57.3 Å². The second-order valence-corrected chi connectivity index (χ2v) is 4.85. The summed E-state index contributed by atoms with van der Waals surface area (Å²) >= 11 is 0. The summed E-state index contributed by atoms with van der Waals surface area (Å²) in [5, 5.41) is 6.19. The van der Waals surface area contributed by atoms with Crippen LogP contribution in [0.15, 0.2) is 18.3 Å². The fraction of sp³-hybridized carbons (Fsp3) is 0.571. The Labute approximate surface area is 114 Å². The number of anilines is 1. The lowest BCUT2D eigenvalue weighted by atomic mass is 10.2. The molecular formula is C14H22N4O. The molecule has 1 aliphatic heterocycles. The first-order chi connectivity index (χ1) is 9.28.